The van der Waals surface area contributed by atoms with Gasteiger partial charge in [-0.25, -0.2) is 13.6 Å². The Labute approximate surface area is 308 Å². The first-order chi connectivity index (χ1) is 25.9. The van der Waals surface area contributed by atoms with Gasteiger partial charge in [0.05, 0.1) is 57.4 Å². The van der Waals surface area contributed by atoms with Crippen LogP contribution in [0.5, 0.6) is 11.5 Å². The van der Waals surface area contributed by atoms with Crippen molar-refractivity contribution in [2.45, 2.75) is 44.4 Å². The summed E-state index contributed by atoms with van der Waals surface area (Å²) in [5.74, 6) is -0.983. The summed E-state index contributed by atoms with van der Waals surface area (Å²) in [6, 6.07) is 26.2. The number of nitrogens with zero attached hydrogens (tertiary/aromatic N) is 2. The van der Waals surface area contributed by atoms with Gasteiger partial charge in [0.2, 0.25) is 0 Å². The van der Waals surface area contributed by atoms with E-state index < -0.39 is 35.9 Å². The third kappa shape index (κ3) is 10.4. The summed E-state index contributed by atoms with van der Waals surface area (Å²) in [7, 11) is 1.70. The fourth-order valence-electron chi connectivity index (χ4n) is 6.61. The number of hydrogen-bond donors (Lipinski definition) is 1. The number of likely N-dealkylation sites (tertiary alicyclic amines) is 1. The second-order valence-electron chi connectivity index (χ2n) is 13.1. The smallest absolute Gasteiger partial charge is 0.410 e. The normalized spacial score (nSPS) is 18.3. The predicted octanol–water partition coefficient (Wildman–Crippen LogP) is 6.48. The number of methoxy groups -OCH3 is 1. The summed E-state index contributed by atoms with van der Waals surface area (Å²) in [5.41, 5.74) is 4.56. The third-order valence-electron chi connectivity index (χ3n) is 9.32. The fraction of sp³-hybridized carbons (Fsp3) is 0.390. The summed E-state index contributed by atoms with van der Waals surface area (Å²) in [5, 5.41) is 11.5. The number of benzene rings is 4. The Hall–Kier alpha value is -4.75. The number of ether oxygens (including phenoxy) is 6. The SMILES string of the molecule is COCCCN1CCOc2ccc(COC3CN(C(=O)OCc4ccccc4)CC(O)C3c3ccc(COCCOc4cc(F)ccc4F)cc3)cc21. The van der Waals surface area contributed by atoms with Gasteiger partial charge >= 0.3 is 6.09 Å². The first kappa shape index (κ1) is 38.0. The summed E-state index contributed by atoms with van der Waals surface area (Å²) in [4.78, 5) is 17.0. The quantitative estimate of drug-likeness (QED) is 0.130. The highest BCUT2D eigenvalue weighted by molar-refractivity contribution is 5.68. The Bertz CT molecular complexity index is 1760. The molecule has 282 valence electrons. The molecule has 1 N–H and O–H groups in total. The summed E-state index contributed by atoms with van der Waals surface area (Å²) >= 11 is 0. The number of hydrogen-bond acceptors (Lipinski definition) is 9. The monoisotopic (exact) mass is 732 g/mol. The molecule has 1 amide bonds. The van der Waals surface area contributed by atoms with Crippen LogP contribution in [-0.2, 0) is 38.8 Å². The second kappa shape index (κ2) is 18.8. The lowest BCUT2D eigenvalue weighted by molar-refractivity contribution is -0.0692. The van der Waals surface area contributed by atoms with Crippen molar-refractivity contribution in [3.8, 4) is 11.5 Å². The van der Waals surface area contributed by atoms with E-state index in [1.807, 2.05) is 66.7 Å². The van der Waals surface area contributed by atoms with Crippen LogP contribution < -0.4 is 14.4 Å². The Morgan fingerprint density at radius 3 is 2.47 bits per heavy atom. The summed E-state index contributed by atoms with van der Waals surface area (Å²) in [6.45, 7) is 4.10. The van der Waals surface area contributed by atoms with Gasteiger partial charge in [0.25, 0.3) is 0 Å². The summed E-state index contributed by atoms with van der Waals surface area (Å²) in [6.07, 6.45) is -1.09. The number of amides is 1. The van der Waals surface area contributed by atoms with Crippen molar-refractivity contribution in [1.82, 2.24) is 4.90 Å². The average molecular weight is 733 g/mol. The van der Waals surface area contributed by atoms with Crippen molar-refractivity contribution in [3.63, 3.8) is 0 Å². The number of aliphatic hydroxyl groups excluding tert-OH is 1. The van der Waals surface area contributed by atoms with Crippen molar-refractivity contribution >= 4 is 11.8 Å². The minimum absolute atomic E-state index is 0.0547. The van der Waals surface area contributed by atoms with Gasteiger partial charge in [-0.3, -0.25) is 0 Å². The Morgan fingerprint density at radius 2 is 1.66 bits per heavy atom. The summed E-state index contributed by atoms with van der Waals surface area (Å²) < 4.78 is 61.6. The number of rotatable bonds is 16. The molecule has 0 radical (unpaired) electrons. The fourth-order valence-corrected chi connectivity index (χ4v) is 6.61. The zero-order valence-electron chi connectivity index (χ0n) is 29.8. The van der Waals surface area contributed by atoms with Gasteiger partial charge < -0.3 is 43.3 Å². The minimum Gasteiger partial charge on any atom is -0.490 e. The predicted molar refractivity (Wildman–Crippen MR) is 194 cm³/mol. The van der Waals surface area contributed by atoms with Crippen LogP contribution in [0.3, 0.4) is 0 Å². The van der Waals surface area contributed by atoms with Crippen molar-refractivity contribution in [1.29, 1.82) is 0 Å². The van der Waals surface area contributed by atoms with Crippen molar-refractivity contribution in [3.05, 3.63) is 125 Å². The molecule has 3 atom stereocenters. The Kier molecular flexibility index (Phi) is 13.5. The van der Waals surface area contributed by atoms with Crippen molar-refractivity contribution in [2.75, 3.05) is 64.6 Å². The van der Waals surface area contributed by atoms with Crippen LogP contribution in [0.2, 0.25) is 0 Å². The van der Waals surface area contributed by atoms with Gasteiger partial charge in [-0.2, -0.15) is 0 Å². The van der Waals surface area contributed by atoms with E-state index in [9.17, 15) is 18.7 Å². The van der Waals surface area contributed by atoms with Crippen molar-refractivity contribution < 1.29 is 47.1 Å². The average Bonchev–Trinajstić information content (AvgIpc) is 3.18. The molecule has 4 aromatic carbocycles. The number of fused-ring (bicyclic) bond motifs is 1. The maximum absolute atomic E-state index is 13.8. The first-order valence-electron chi connectivity index (χ1n) is 17.9. The standard InChI is InChI=1S/C41H46F2N2O8/c1-48-18-5-16-44-17-19-50-37-15-10-31(22-35(37)44)28-52-39-25-45(41(47)53-27-29-6-3-2-4-7-29)24-36(46)40(39)32-11-8-30(9-12-32)26-49-20-21-51-38-23-33(42)13-14-34(38)43/h2-4,6-15,22-23,36,39-40,46H,5,16-21,24-28H2,1H3. The molecule has 3 unspecified atom stereocenters. The lowest BCUT2D eigenvalue weighted by Gasteiger charge is -2.41. The molecule has 0 aliphatic carbocycles. The van der Waals surface area contributed by atoms with E-state index in [0.717, 1.165) is 71.4 Å². The molecule has 53 heavy (non-hydrogen) atoms. The van der Waals surface area contributed by atoms with Gasteiger partial charge in [0.15, 0.2) is 11.6 Å². The molecule has 0 saturated carbocycles. The van der Waals surface area contributed by atoms with E-state index in [1.54, 1.807) is 7.11 Å². The van der Waals surface area contributed by atoms with Crippen molar-refractivity contribution in [2.24, 2.45) is 0 Å². The molecule has 0 bridgehead atoms. The molecule has 4 aromatic rings. The molecule has 6 rings (SSSR count). The van der Waals surface area contributed by atoms with E-state index >= 15 is 0 Å². The highest BCUT2D eigenvalue weighted by Gasteiger charge is 2.40. The highest BCUT2D eigenvalue weighted by Crippen LogP contribution is 2.35. The largest absolute Gasteiger partial charge is 0.490 e. The minimum atomic E-state index is -0.922. The number of aliphatic hydroxyl groups is 1. The van der Waals surface area contributed by atoms with Crippen LogP contribution in [0.1, 0.15) is 34.6 Å². The molecule has 1 saturated heterocycles. The van der Waals surface area contributed by atoms with Crippen LogP contribution in [-0.4, -0.2) is 88.0 Å². The van der Waals surface area contributed by atoms with Crippen LogP contribution in [0.15, 0.2) is 91.0 Å². The molecule has 0 spiro atoms. The molecule has 2 aliphatic heterocycles. The molecule has 0 aromatic heterocycles. The Morgan fingerprint density at radius 1 is 0.868 bits per heavy atom. The molecule has 10 nitrogen and oxygen atoms in total. The highest BCUT2D eigenvalue weighted by atomic mass is 19.1. The maximum atomic E-state index is 13.8. The molecular formula is C41H46F2N2O8. The van der Waals surface area contributed by atoms with Gasteiger partial charge in [0, 0.05) is 32.2 Å². The lowest BCUT2D eigenvalue weighted by Crippen LogP contribution is -2.53. The molecule has 1 fully saturated rings. The van der Waals surface area contributed by atoms with E-state index in [-0.39, 0.29) is 51.9 Å². The third-order valence-corrected chi connectivity index (χ3v) is 9.32. The topological polar surface area (TPSA) is 99.2 Å². The van der Waals surface area contributed by atoms with Gasteiger partial charge in [-0.1, -0.05) is 60.7 Å². The number of β-amino-alcohol motifs (C(OH)–C–C–N with tert-alkyl or cyclic N) is 1. The number of carbonyl (C=O) groups is 1. The molecule has 12 heteroatoms. The van der Waals surface area contributed by atoms with Crippen LogP contribution >= 0.6 is 0 Å². The molecular weight excluding hydrogens is 686 g/mol. The van der Waals surface area contributed by atoms with E-state index in [1.165, 1.54) is 4.90 Å². The number of anilines is 1. The van der Waals surface area contributed by atoms with Crippen LogP contribution in [0.4, 0.5) is 19.3 Å². The first-order valence-corrected chi connectivity index (χ1v) is 17.9. The Balaban J connectivity index is 1.11. The zero-order valence-corrected chi connectivity index (χ0v) is 29.8. The van der Waals surface area contributed by atoms with Crippen LogP contribution in [0.25, 0.3) is 0 Å². The van der Waals surface area contributed by atoms with E-state index in [2.05, 4.69) is 11.0 Å². The zero-order chi connectivity index (χ0) is 37.0. The number of halogens is 2. The van der Waals surface area contributed by atoms with Crippen LogP contribution in [0, 0.1) is 11.6 Å². The maximum Gasteiger partial charge on any atom is 0.410 e. The number of piperidine rings is 1. The second-order valence-corrected chi connectivity index (χ2v) is 13.1. The molecule has 2 aliphatic rings. The van der Waals surface area contributed by atoms with Gasteiger partial charge in [0.1, 0.15) is 31.4 Å². The van der Waals surface area contributed by atoms with E-state index in [0.29, 0.717) is 13.2 Å². The van der Waals surface area contributed by atoms with Gasteiger partial charge in [-0.05, 0) is 52.9 Å². The number of carbonyl (C=O) groups excluding carboxylic acids is 1. The van der Waals surface area contributed by atoms with Gasteiger partial charge in [-0.15, -0.1) is 0 Å². The lowest BCUT2D eigenvalue weighted by atomic mass is 9.84. The van der Waals surface area contributed by atoms with E-state index in [4.69, 9.17) is 28.4 Å². The molecule has 2 heterocycles.